The fourth-order valence-corrected chi connectivity index (χ4v) is 5.87. The number of hydrogen-bond acceptors (Lipinski definition) is 6. The number of nitrogens with two attached hydrogens (primary N) is 1. The molecule has 1 aromatic heterocycles. The molecule has 1 aromatic carbocycles. The van der Waals surface area contributed by atoms with Gasteiger partial charge in [-0.2, -0.15) is 0 Å². The number of likely N-dealkylation sites (tertiary alicyclic amines) is 2. The zero-order valence-corrected chi connectivity index (χ0v) is 21.5. The Morgan fingerprint density at radius 1 is 1.11 bits per heavy atom. The molecule has 1 saturated carbocycles. The van der Waals surface area contributed by atoms with Gasteiger partial charge in [0, 0.05) is 42.2 Å². The molecule has 198 valence electrons. The third-order valence-corrected chi connectivity index (χ3v) is 8.32. The zero-order valence-electron chi connectivity index (χ0n) is 21.5. The van der Waals surface area contributed by atoms with E-state index in [9.17, 15) is 14.0 Å². The van der Waals surface area contributed by atoms with Crippen molar-refractivity contribution in [2.45, 2.75) is 57.9 Å². The molecule has 2 aromatic rings. The van der Waals surface area contributed by atoms with E-state index < -0.39 is 23.7 Å². The molecule has 2 N–H and O–H groups in total. The molecule has 2 amide bonds. The molecule has 3 fully saturated rings. The van der Waals surface area contributed by atoms with Crippen LogP contribution in [-0.4, -0.2) is 70.4 Å². The van der Waals surface area contributed by atoms with Crippen LogP contribution >= 0.6 is 0 Å². The van der Waals surface area contributed by atoms with Crippen molar-refractivity contribution in [3.05, 3.63) is 42.0 Å². The molecule has 0 bridgehead atoms. The highest BCUT2D eigenvalue weighted by Gasteiger charge is 2.35. The van der Waals surface area contributed by atoms with Gasteiger partial charge in [0.2, 0.25) is 5.91 Å². The molecule has 3 aliphatic rings. The normalized spacial score (nSPS) is 22.0. The van der Waals surface area contributed by atoms with Crippen LogP contribution in [0.25, 0.3) is 11.1 Å². The summed E-state index contributed by atoms with van der Waals surface area (Å²) in [7, 11) is 0. The first-order valence-corrected chi connectivity index (χ1v) is 13.4. The van der Waals surface area contributed by atoms with Gasteiger partial charge in [0.25, 0.3) is 5.91 Å². The Hall–Kier alpha value is -3.07. The van der Waals surface area contributed by atoms with Crippen LogP contribution in [0.4, 0.5) is 4.39 Å². The number of piperidine rings is 1. The van der Waals surface area contributed by atoms with Gasteiger partial charge in [0.15, 0.2) is 0 Å². The summed E-state index contributed by atoms with van der Waals surface area (Å²) in [5, 5.41) is 0. The zero-order chi connectivity index (χ0) is 26.0. The summed E-state index contributed by atoms with van der Waals surface area (Å²) in [6.07, 6.45) is 10.6. The highest BCUT2D eigenvalue weighted by Crippen LogP contribution is 2.41. The number of halogens is 1. The van der Waals surface area contributed by atoms with E-state index in [0.29, 0.717) is 48.5 Å². The first-order chi connectivity index (χ1) is 17.8. The second kappa shape index (κ2) is 10.7. The van der Waals surface area contributed by atoms with Gasteiger partial charge in [-0.05, 0) is 75.1 Å². The quantitative estimate of drug-likeness (QED) is 0.583. The van der Waals surface area contributed by atoms with E-state index in [1.54, 1.807) is 6.07 Å². The second-order valence-corrected chi connectivity index (χ2v) is 11.2. The van der Waals surface area contributed by atoms with Crippen LogP contribution in [0.15, 0.2) is 30.6 Å². The summed E-state index contributed by atoms with van der Waals surface area (Å²) in [6.45, 7) is 6.86. The second-order valence-electron chi connectivity index (χ2n) is 11.2. The lowest BCUT2D eigenvalue weighted by molar-refractivity contribution is -0.121. The highest BCUT2D eigenvalue weighted by molar-refractivity contribution is 5.98. The van der Waals surface area contributed by atoms with Gasteiger partial charge >= 0.3 is 6.01 Å². The maximum absolute atomic E-state index is 14.9. The molecule has 9 heteroatoms. The van der Waals surface area contributed by atoms with Crippen molar-refractivity contribution in [3.8, 4) is 17.1 Å². The molecular formula is C28H36FN5O3. The van der Waals surface area contributed by atoms with Gasteiger partial charge in [0.05, 0.1) is 6.61 Å². The molecule has 8 nitrogen and oxygen atoms in total. The van der Waals surface area contributed by atoms with Crippen molar-refractivity contribution in [1.29, 1.82) is 0 Å². The maximum atomic E-state index is 14.9. The van der Waals surface area contributed by atoms with Crippen molar-refractivity contribution in [2.75, 3.05) is 32.8 Å². The Balaban J connectivity index is 1.14. The van der Waals surface area contributed by atoms with Crippen molar-refractivity contribution < 1.29 is 18.7 Å². The fraction of sp³-hybridized carbons (Fsp3) is 0.571. The standard InChI is InChI=1S/C28H36FN5O3/c1-28(9-3-10-28)18-33-12-7-19(8-13-33)17-37-27-31-15-21(16-32-27)22-6-5-20(14-23(22)29)26(36)34-11-2-4-24(34)25(30)35/h5-6,14-16,19,24H,2-4,7-13,17-18H2,1H3,(H2,30,35). The van der Waals surface area contributed by atoms with E-state index in [0.717, 1.165) is 25.9 Å². The number of primary amides is 1. The maximum Gasteiger partial charge on any atom is 0.316 e. The van der Waals surface area contributed by atoms with E-state index in [1.807, 2.05) is 0 Å². The fourth-order valence-electron chi connectivity index (χ4n) is 5.87. The number of benzene rings is 1. The lowest BCUT2D eigenvalue weighted by Crippen LogP contribution is -2.44. The topological polar surface area (TPSA) is 102 Å². The molecule has 1 atom stereocenters. The van der Waals surface area contributed by atoms with Gasteiger partial charge in [-0.1, -0.05) is 19.4 Å². The SMILES string of the molecule is CC1(CN2CCC(COc3ncc(-c4ccc(C(=O)N5CCCC5C(N)=O)cc4F)cn3)CC2)CCC1. The largest absolute Gasteiger partial charge is 0.463 e. The molecule has 0 spiro atoms. The van der Waals surface area contributed by atoms with E-state index in [1.165, 1.54) is 55.2 Å². The molecule has 37 heavy (non-hydrogen) atoms. The number of rotatable bonds is 8. The summed E-state index contributed by atoms with van der Waals surface area (Å²) >= 11 is 0. The Kier molecular flexibility index (Phi) is 7.42. The molecule has 1 aliphatic carbocycles. The van der Waals surface area contributed by atoms with Gasteiger partial charge < -0.3 is 20.3 Å². The average Bonchev–Trinajstić information content (AvgIpc) is 3.38. The van der Waals surface area contributed by atoms with Crippen LogP contribution in [-0.2, 0) is 4.79 Å². The first-order valence-electron chi connectivity index (χ1n) is 13.4. The minimum absolute atomic E-state index is 0.183. The predicted molar refractivity (Wildman–Crippen MR) is 137 cm³/mol. The number of carbonyl (C=O) groups is 2. The van der Waals surface area contributed by atoms with Gasteiger partial charge in [-0.3, -0.25) is 9.59 Å². The molecule has 2 saturated heterocycles. The Labute approximate surface area is 217 Å². The Bertz CT molecular complexity index is 1130. The third kappa shape index (κ3) is 5.76. The van der Waals surface area contributed by atoms with Crippen LogP contribution in [0, 0.1) is 17.2 Å². The molecule has 5 rings (SSSR count). The van der Waals surface area contributed by atoms with Crippen molar-refractivity contribution in [3.63, 3.8) is 0 Å². The van der Waals surface area contributed by atoms with Crippen LogP contribution in [0.5, 0.6) is 6.01 Å². The van der Waals surface area contributed by atoms with Crippen molar-refractivity contribution >= 4 is 11.8 Å². The molecule has 3 heterocycles. The third-order valence-electron chi connectivity index (χ3n) is 8.32. The summed E-state index contributed by atoms with van der Waals surface area (Å²) in [6, 6.07) is 3.93. The summed E-state index contributed by atoms with van der Waals surface area (Å²) in [4.78, 5) is 37.0. The summed E-state index contributed by atoms with van der Waals surface area (Å²) < 4.78 is 20.8. The Morgan fingerprint density at radius 2 is 1.84 bits per heavy atom. The lowest BCUT2D eigenvalue weighted by Gasteiger charge is -2.44. The van der Waals surface area contributed by atoms with E-state index in [2.05, 4.69) is 21.8 Å². The van der Waals surface area contributed by atoms with Crippen LogP contribution in [0.3, 0.4) is 0 Å². The highest BCUT2D eigenvalue weighted by atomic mass is 19.1. The molecule has 1 unspecified atom stereocenters. The minimum Gasteiger partial charge on any atom is -0.463 e. The number of carbonyl (C=O) groups excluding carboxylic acids is 2. The molecule has 0 radical (unpaired) electrons. The van der Waals surface area contributed by atoms with Crippen molar-refractivity contribution in [2.24, 2.45) is 17.1 Å². The van der Waals surface area contributed by atoms with Gasteiger partial charge in [0.1, 0.15) is 11.9 Å². The van der Waals surface area contributed by atoms with E-state index in [4.69, 9.17) is 10.5 Å². The predicted octanol–water partition coefficient (Wildman–Crippen LogP) is 3.65. The van der Waals surface area contributed by atoms with Crippen LogP contribution in [0.1, 0.15) is 62.2 Å². The number of aromatic nitrogens is 2. The van der Waals surface area contributed by atoms with Crippen LogP contribution in [0.2, 0.25) is 0 Å². The molecular weight excluding hydrogens is 473 g/mol. The smallest absolute Gasteiger partial charge is 0.316 e. The number of amides is 2. The van der Waals surface area contributed by atoms with E-state index in [-0.39, 0.29) is 11.6 Å². The summed E-state index contributed by atoms with van der Waals surface area (Å²) in [5.74, 6) is -0.998. The van der Waals surface area contributed by atoms with E-state index >= 15 is 0 Å². The van der Waals surface area contributed by atoms with Gasteiger partial charge in [-0.25, -0.2) is 14.4 Å². The van der Waals surface area contributed by atoms with Crippen molar-refractivity contribution in [1.82, 2.24) is 19.8 Å². The number of nitrogens with zero attached hydrogens (tertiary/aromatic N) is 4. The van der Waals surface area contributed by atoms with Gasteiger partial charge in [-0.15, -0.1) is 0 Å². The lowest BCUT2D eigenvalue weighted by atomic mass is 9.70. The first kappa shape index (κ1) is 25.6. The molecule has 2 aliphatic heterocycles. The Morgan fingerprint density at radius 3 is 2.46 bits per heavy atom. The monoisotopic (exact) mass is 509 g/mol. The summed E-state index contributed by atoms with van der Waals surface area (Å²) in [5.41, 5.74) is 6.91. The number of hydrogen-bond donors (Lipinski definition) is 1. The average molecular weight is 510 g/mol. The number of ether oxygens (including phenoxy) is 1. The minimum atomic E-state index is -0.639. The van der Waals surface area contributed by atoms with Crippen LogP contribution < -0.4 is 10.5 Å².